The smallest absolute Gasteiger partial charge is 0.331 e. The number of hydrogen-bond donors (Lipinski definition) is 0. The summed E-state index contributed by atoms with van der Waals surface area (Å²) in [4.78, 5) is 22.0. The van der Waals surface area contributed by atoms with Gasteiger partial charge >= 0.3 is 5.97 Å². The topological polar surface area (TPSA) is 126 Å². The molecule has 11 heteroatoms. The third kappa shape index (κ3) is 4.23. The molecule has 0 atom stereocenters. The van der Waals surface area contributed by atoms with E-state index in [-0.39, 0.29) is 24.1 Å². The molecule has 0 saturated heterocycles. The van der Waals surface area contributed by atoms with E-state index < -0.39 is 10.9 Å². The number of ether oxygens (including phenoxy) is 1. The van der Waals surface area contributed by atoms with Gasteiger partial charge in [-0.1, -0.05) is 11.6 Å². The van der Waals surface area contributed by atoms with Gasteiger partial charge in [-0.05, 0) is 25.1 Å². The Morgan fingerprint density at radius 1 is 1.36 bits per heavy atom. The van der Waals surface area contributed by atoms with Crippen LogP contribution in [0.25, 0.3) is 17.5 Å². The summed E-state index contributed by atoms with van der Waals surface area (Å²) in [6.45, 7) is 1.55. The quantitative estimate of drug-likeness (QED) is 0.266. The lowest BCUT2D eigenvalue weighted by atomic mass is 10.2. The zero-order chi connectivity index (χ0) is 20.3. The van der Waals surface area contributed by atoms with E-state index in [0.717, 1.165) is 0 Å². The minimum absolute atomic E-state index is 0.0480. The number of aryl methyl sites for hydroxylation is 2. The Labute approximate surface area is 163 Å². The summed E-state index contributed by atoms with van der Waals surface area (Å²) in [5.41, 5.74) is 1.77. The monoisotopic (exact) mass is 403 g/mol. The summed E-state index contributed by atoms with van der Waals surface area (Å²) in [5.74, 6) is -0.366. The summed E-state index contributed by atoms with van der Waals surface area (Å²) < 4.78 is 12.0. The summed E-state index contributed by atoms with van der Waals surface area (Å²) in [7, 11) is 1.70. The number of nitro benzene ring substituents is 1. The predicted molar refractivity (Wildman–Crippen MR) is 98.2 cm³/mol. The summed E-state index contributed by atoms with van der Waals surface area (Å²) >= 11 is 6.09. The molecule has 0 aliphatic carbocycles. The largest absolute Gasteiger partial charge is 0.452 e. The number of hydrogen-bond acceptors (Lipinski definition) is 8. The Balaban J connectivity index is 1.60. The number of halogens is 1. The van der Waals surface area contributed by atoms with Gasteiger partial charge < -0.3 is 9.15 Å². The summed E-state index contributed by atoms with van der Waals surface area (Å²) in [6.07, 6.45) is 2.74. The van der Waals surface area contributed by atoms with Crippen LogP contribution in [0.2, 0.25) is 5.15 Å². The van der Waals surface area contributed by atoms with Crippen LogP contribution in [0.1, 0.15) is 17.1 Å². The van der Waals surface area contributed by atoms with Crippen molar-refractivity contribution in [2.24, 2.45) is 7.05 Å². The molecule has 0 spiro atoms. The van der Waals surface area contributed by atoms with Crippen LogP contribution in [-0.4, -0.2) is 30.9 Å². The van der Waals surface area contributed by atoms with E-state index in [2.05, 4.69) is 15.3 Å². The van der Waals surface area contributed by atoms with Gasteiger partial charge in [-0.25, -0.2) is 4.79 Å². The van der Waals surface area contributed by atoms with Crippen LogP contribution in [0, 0.1) is 17.0 Å². The molecule has 1 aromatic carbocycles. The van der Waals surface area contributed by atoms with E-state index in [1.807, 2.05) is 0 Å². The van der Waals surface area contributed by atoms with Gasteiger partial charge in [-0.2, -0.15) is 5.10 Å². The van der Waals surface area contributed by atoms with Crippen LogP contribution in [0.15, 0.2) is 34.8 Å². The molecule has 0 N–H and O–H groups in total. The number of carbonyl (C=O) groups is 1. The first-order valence-corrected chi connectivity index (χ1v) is 8.34. The van der Waals surface area contributed by atoms with Crippen molar-refractivity contribution >= 4 is 29.3 Å². The van der Waals surface area contributed by atoms with Gasteiger partial charge in [-0.3, -0.25) is 14.8 Å². The first-order valence-electron chi connectivity index (χ1n) is 7.96. The number of benzene rings is 1. The van der Waals surface area contributed by atoms with Gasteiger partial charge in [-0.15, -0.1) is 10.2 Å². The molecule has 0 fully saturated rings. The van der Waals surface area contributed by atoms with Crippen LogP contribution < -0.4 is 0 Å². The zero-order valence-corrected chi connectivity index (χ0v) is 15.6. The molecule has 0 bridgehead atoms. The van der Waals surface area contributed by atoms with Gasteiger partial charge in [0.1, 0.15) is 5.15 Å². The van der Waals surface area contributed by atoms with Crippen LogP contribution >= 0.6 is 11.6 Å². The highest BCUT2D eigenvalue weighted by molar-refractivity contribution is 6.31. The normalized spacial score (nSPS) is 11.1. The van der Waals surface area contributed by atoms with E-state index in [0.29, 0.717) is 22.0 Å². The van der Waals surface area contributed by atoms with E-state index in [4.69, 9.17) is 20.8 Å². The minimum Gasteiger partial charge on any atom is -0.452 e. The third-order valence-electron chi connectivity index (χ3n) is 3.71. The second kappa shape index (κ2) is 8.01. The standard InChI is InChI=1S/C17H14ClN5O5/c1-10-13(16(18)22(2)21-10)7-8-15(24)27-9-14-19-20-17(28-14)11-3-5-12(6-4-11)23(25)26/h3-8H,9H2,1-2H3/b8-7+. The van der Waals surface area contributed by atoms with Gasteiger partial charge in [0.15, 0.2) is 6.61 Å². The second-order valence-corrected chi connectivity index (χ2v) is 6.02. The maximum atomic E-state index is 11.9. The van der Waals surface area contributed by atoms with Crippen molar-refractivity contribution in [3.63, 3.8) is 0 Å². The number of aromatic nitrogens is 4. The fourth-order valence-electron chi connectivity index (χ4n) is 2.32. The van der Waals surface area contributed by atoms with Crippen molar-refractivity contribution in [2.45, 2.75) is 13.5 Å². The first kappa shape index (κ1) is 19.2. The Bertz CT molecular complexity index is 1050. The molecular formula is C17H14ClN5O5. The van der Waals surface area contributed by atoms with E-state index in [1.54, 1.807) is 14.0 Å². The van der Waals surface area contributed by atoms with E-state index in [1.165, 1.54) is 41.1 Å². The highest BCUT2D eigenvalue weighted by Gasteiger charge is 2.13. The fraction of sp³-hybridized carbons (Fsp3) is 0.176. The third-order valence-corrected chi connectivity index (χ3v) is 4.16. The zero-order valence-electron chi connectivity index (χ0n) is 14.8. The van der Waals surface area contributed by atoms with Crippen molar-refractivity contribution in [2.75, 3.05) is 0 Å². The molecule has 0 saturated carbocycles. The van der Waals surface area contributed by atoms with Crippen molar-refractivity contribution in [1.29, 1.82) is 0 Å². The molecule has 0 amide bonds. The predicted octanol–water partition coefficient (Wildman–Crippen LogP) is 3.10. The molecule has 10 nitrogen and oxygen atoms in total. The Morgan fingerprint density at radius 3 is 2.68 bits per heavy atom. The van der Waals surface area contributed by atoms with Crippen LogP contribution in [0.4, 0.5) is 5.69 Å². The van der Waals surface area contributed by atoms with E-state index in [9.17, 15) is 14.9 Å². The Hall–Kier alpha value is -3.53. The molecule has 0 radical (unpaired) electrons. The maximum absolute atomic E-state index is 11.9. The fourth-order valence-corrected chi connectivity index (χ4v) is 2.56. The number of non-ortho nitro benzene ring substituents is 1. The molecule has 3 aromatic rings. The van der Waals surface area contributed by atoms with Gasteiger partial charge in [0.25, 0.3) is 11.6 Å². The highest BCUT2D eigenvalue weighted by Crippen LogP contribution is 2.22. The number of nitro groups is 1. The summed E-state index contributed by atoms with van der Waals surface area (Å²) in [5, 5.41) is 22.8. The lowest BCUT2D eigenvalue weighted by Crippen LogP contribution is -2.01. The lowest BCUT2D eigenvalue weighted by Gasteiger charge is -1.98. The highest BCUT2D eigenvalue weighted by atomic mass is 35.5. The number of carbonyl (C=O) groups excluding carboxylic acids is 1. The number of esters is 1. The Kier molecular flexibility index (Phi) is 5.50. The minimum atomic E-state index is -0.616. The molecule has 28 heavy (non-hydrogen) atoms. The van der Waals surface area contributed by atoms with Gasteiger partial charge in [0.05, 0.1) is 10.6 Å². The molecule has 144 valence electrons. The molecule has 3 rings (SSSR count). The van der Waals surface area contributed by atoms with Crippen molar-refractivity contribution in [1.82, 2.24) is 20.0 Å². The van der Waals surface area contributed by atoms with Crippen molar-refractivity contribution < 1.29 is 18.9 Å². The number of nitrogens with zero attached hydrogens (tertiary/aromatic N) is 5. The molecule has 0 aliphatic rings. The number of rotatable bonds is 6. The Morgan fingerprint density at radius 2 is 2.07 bits per heavy atom. The SMILES string of the molecule is Cc1nn(C)c(Cl)c1/C=C/C(=O)OCc1nnc(-c2ccc([N+](=O)[O-])cc2)o1. The van der Waals surface area contributed by atoms with Crippen LogP contribution in [0.5, 0.6) is 0 Å². The second-order valence-electron chi connectivity index (χ2n) is 5.66. The van der Waals surface area contributed by atoms with Gasteiger partial charge in [0, 0.05) is 36.4 Å². The van der Waals surface area contributed by atoms with Crippen molar-refractivity contribution in [3.8, 4) is 11.5 Å². The molecule has 2 heterocycles. The average Bonchev–Trinajstić information content (AvgIpc) is 3.24. The molecule has 0 unspecified atom stereocenters. The lowest BCUT2D eigenvalue weighted by molar-refractivity contribution is -0.384. The van der Waals surface area contributed by atoms with Crippen molar-refractivity contribution in [3.05, 3.63) is 62.8 Å². The molecule has 0 aliphatic heterocycles. The first-order chi connectivity index (χ1) is 13.3. The maximum Gasteiger partial charge on any atom is 0.331 e. The van der Waals surface area contributed by atoms with Gasteiger partial charge in [0.2, 0.25) is 5.89 Å². The van der Waals surface area contributed by atoms with Crippen LogP contribution in [-0.2, 0) is 23.2 Å². The molecule has 2 aromatic heterocycles. The summed E-state index contributed by atoms with van der Waals surface area (Å²) in [6, 6.07) is 5.64. The molecular weight excluding hydrogens is 390 g/mol. The average molecular weight is 404 g/mol. The van der Waals surface area contributed by atoms with E-state index >= 15 is 0 Å². The van der Waals surface area contributed by atoms with Crippen LogP contribution in [0.3, 0.4) is 0 Å².